The predicted octanol–water partition coefficient (Wildman–Crippen LogP) is 5.44. The lowest BCUT2D eigenvalue weighted by molar-refractivity contribution is 0.742. The SMILES string of the molecule is CCCCCNc1cc(C)nc(Nc2cccc(Cl)c2Cl)n1. The van der Waals surface area contributed by atoms with E-state index in [9.17, 15) is 0 Å². The van der Waals surface area contributed by atoms with Gasteiger partial charge in [0.05, 0.1) is 15.7 Å². The van der Waals surface area contributed by atoms with Crippen LogP contribution in [0.3, 0.4) is 0 Å². The summed E-state index contributed by atoms with van der Waals surface area (Å²) in [5, 5.41) is 7.40. The van der Waals surface area contributed by atoms with Gasteiger partial charge in [-0.2, -0.15) is 4.98 Å². The molecule has 22 heavy (non-hydrogen) atoms. The fourth-order valence-electron chi connectivity index (χ4n) is 2.03. The molecule has 1 aromatic carbocycles. The van der Waals surface area contributed by atoms with E-state index in [1.165, 1.54) is 12.8 Å². The summed E-state index contributed by atoms with van der Waals surface area (Å²) in [5.41, 5.74) is 1.57. The van der Waals surface area contributed by atoms with Gasteiger partial charge in [0.25, 0.3) is 0 Å². The monoisotopic (exact) mass is 338 g/mol. The number of benzene rings is 1. The van der Waals surface area contributed by atoms with Crippen LogP contribution in [0.2, 0.25) is 10.0 Å². The van der Waals surface area contributed by atoms with Crippen LogP contribution >= 0.6 is 23.2 Å². The number of unbranched alkanes of at least 4 members (excludes halogenated alkanes) is 2. The van der Waals surface area contributed by atoms with E-state index in [0.717, 1.165) is 24.5 Å². The average Bonchev–Trinajstić information content (AvgIpc) is 2.48. The highest BCUT2D eigenvalue weighted by molar-refractivity contribution is 6.43. The molecular formula is C16H20Cl2N4. The van der Waals surface area contributed by atoms with Gasteiger partial charge in [-0.3, -0.25) is 0 Å². The Balaban J connectivity index is 2.10. The van der Waals surface area contributed by atoms with Gasteiger partial charge < -0.3 is 10.6 Å². The van der Waals surface area contributed by atoms with E-state index in [1.807, 2.05) is 25.1 Å². The van der Waals surface area contributed by atoms with Crippen molar-refractivity contribution < 1.29 is 0 Å². The van der Waals surface area contributed by atoms with Gasteiger partial charge in [0.2, 0.25) is 5.95 Å². The first kappa shape index (κ1) is 16.8. The van der Waals surface area contributed by atoms with E-state index in [0.29, 0.717) is 21.7 Å². The molecule has 0 atom stereocenters. The summed E-state index contributed by atoms with van der Waals surface area (Å²) in [7, 11) is 0. The predicted molar refractivity (Wildman–Crippen MR) is 94.5 cm³/mol. The molecule has 0 saturated carbocycles. The molecule has 2 rings (SSSR count). The van der Waals surface area contributed by atoms with Gasteiger partial charge >= 0.3 is 0 Å². The number of aryl methyl sites for hydroxylation is 1. The first-order chi connectivity index (χ1) is 10.6. The maximum absolute atomic E-state index is 6.18. The highest BCUT2D eigenvalue weighted by atomic mass is 35.5. The molecule has 6 heteroatoms. The van der Waals surface area contributed by atoms with Crippen molar-refractivity contribution in [3.63, 3.8) is 0 Å². The van der Waals surface area contributed by atoms with E-state index < -0.39 is 0 Å². The third kappa shape index (κ3) is 4.75. The summed E-state index contributed by atoms with van der Waals surface area (Å²) in [4.78, 5) is 8.84. The molecule has 2 aromatic rings. The molecule has 4 nitrogen and oxygen atoms in total. The molecule has 0 aliphatic rings. The molecule has 1 heterocycles. The second-order valence-corrected chi connectivity index (χ2v) is 5.86. The van der Waals surface area contributed by atoms with Crippen molar-refractivity contribution in [2.45, 2.75) is 33.1 Å². The Bertz CT molecular complexity index is 632. The van der Waals surface area contributed by atoms with Gasteiger partial charge in [0, 0.05) is 18.3 Å². The average molecular weight is 339 g/mol. The van der Waals surface area contributed by atoms with Crippen molar-refractivity contribution in [1.29, 1.82) is 0 Å². The van der Waals surface area contributed by atoms with E-state index in [4.69, 9.17) is 23.2 Å². The van der Waals surface area contributed by atoms with Crippen molar-refractivity contribution in [1.82, 2.24) is 9.97 Å². The van der Waals surface area contributed by atoms with Crippen molar-refractivity contribution in [3.05, 3.63) is 40.0 Å². The summed E-state index contributed by atoms with van der Waals surface area (Å²) in [6.07, 6.45) is 3.54. The molecule has 0 amide bonds. The van der Waals surface area contributed by atoms with Crippen molar-refractivity contribution in [2.24, 2.45) is 0 Å². The van der Waals surface area contributed by atoms with Crippen LogP contribution in [0.5, 0.6) is 0 Å². The summed E-state index contributed by atoms with van der Waals surface area (Å²) in [6.45, 7) is 5.02. The number of nitrogens with zero attached hydrogens (tertiary/aromatic N) is 2. The Morgan fingerprint density at radius 2 is 1.95 bits per heavy atom. The first-order valence-corrected chi connectivity index (χ1v) is 8.16. The quantitative estimate of drug-likeness (QED) is 0.660. The fraction of sp³-hybridized carbons (Fsp3) is 0.375. The lowest BCUT2D eigenvalue weighted by Gasteiger charge is -2.11. The van der Waals surface area contributed by atoms with Crippen molar-refractivity contribution >= 4 is 40.7 Å². The third-order valence-electron chi connectivity index (χ3n) is 3.14. The van der Waals surface area contributed by atoms with Crippen molar-refractivity contribution in [2.75, 3.05) is 17.2 Å². The smallest absolute Gasteiger partial charge is 0.229 e. The Morgan fingerprint density at radius 1 is 1.14 bits per heavy atom. The van der Waals surface area contributed by atoms with Crippen LogP contribution in [0.25, 0.3) is 0 Å². The fourth-order valence-corrected chi connectivity index (χ4v) is 2.38. The van der Waals surface area contributed by atoms with E-state index in [2.05, 4.69) is 27.5 Å². The number of halogens is 2. The molecule has 118 valence electrons. The first-order valence-electron chi connectivity index (χ1n) is 7.40. The standard InChI is InChI=1S/C16H20Cl2N4/c1-3-4-5-9-19-14-10-11(2)20-16(22-14)21-13-8-6-7-12(17)15(13)18/h6-8,10H,3-5,9H2,1-2H3,(H2,19,20,21,22). The highest BCUT2D eigenvalue weighted by Gasteiger charge is 2.07. The van der Waals surface area contributed by atoms with Crippen LogP contribution in [-0.4, -0.2) is 16.5 Å². The minimum atomic E-state index is 0.465. The number of rotatable bonds is 7. The second kappa shape index (κ2) is 8.20. The molecule has 0 bridgehead atoms. The van der Waals surface area contributed by atoms with Crippen LogP contribution in [0.1, 0.15) is 31.9 Å². The second-order valence-electron chi connectivity index (χ2n) is 5.08. The summed E-state index contributed by atoms with van der Waals surface area (Å²) in [6, 6.07) is 7.34. The maximum atomic E-state index is 6.18. The summed E-state index contributed by atoms with van der Waals surface area (Å²) < 4.78 is 0. The van der Waals surface area contributed by atoms with Crippen LogP contribution < -0.4 is 10.6 Å². The zero-order chi connectivity index (χ0) is 15.9. The Hall–Kier alpha value is -1.52. The van der Waals surface area contributed by atoms with Gasteiger partial charge in [0.1, 0.15) is 5.82 Å². The lowest BCUT2D eigenvalue weighted by Crippen LogP contribution is -2.07. The molecule has 0 unspecified atom stereocenters. The number of anilines is 3. The number of hydrogen-bond donors (Lipinski definition) is 2. The molecule has 0 spiro atoms. The minimum absolute atomic E-state index is 0.465. The number of aromatic nitrogens is 2. The molecule has 0 radical (unpaired) electrons. The summed E-state index contributed by atoms with van der Waals surface area (Å²) in [5.74, 6) is 1.31. The van der Waals surface area contributed by atoms with Crippen LogP contribution in [0, 0.1) is 6.92 Å². The lowest BCUT2D eigenvalue weighted by atomic mass is 10.2. The number of nitrogens with one attached hydrogen (secondary N) is 2. The Morgan fingerprint density at radius 3 is 2.73 bits per heavy atom. The van der Waals surface area contributed by atoms with Crippen molar-refractivity contribution in [3.8, 4) is 0 Å². The van der Waals surface area contributed by atoms with Gasteiger partial charge in [0.15, 0.2) is 0 Å². The van der Waals surface area contributed by atoms with E-state index in [-0.39, 0.29) is 0 Å². The zero-order valence-electron chi connectivity index (χ0n) is 12.8. The molecule has 0 aliphatic carbocycles. The minimum Gasteiger partial charge on any atom is -0.370 e. The van der Waals surface area contributed by atoms with E-state index >= 15 is 0 Å². The Labute approximate surface area is 141 Å². The largest absolute Gasteiger partial charge is 0.370 e. The van der Waals surface area contributed by atoms with Gasteiger partial charge in [-0.1, -0.05) is 49.0 Å². The normalized spacial score (nSPS) is 10.5. The topological polar surface area (TPSA) is 49.8 Å². The van der Waals surface area contributed by atoms with Gasteiger partial charge in [-0.15, -0.1) is 0 Å². The van der Waals surface area contributed by atoms with Crippen LogP contribution in [0.15, 0.2) is 24.3 Å². The summed E-state index contributed by atoms with van der Waals surface area (Å²) >= 11 is 12.2. The molecule has 0 aliphatic heterocycles. The van der Waals surface area contributed by atoms with Crippen LogP contribution in [-0.2, 0) is 0 Å². The highest BCUT2D eigenvalue weighted by Crippen LogP contribution is 2.31. The number of hydrogen-bond acceptors (Lipinski definition) is 4. The molecule has 0 fully saturated rings. The van der Waals surface area contributed by atoms with E-state index in [1.54, 1.807) is 6.07 Å². The Kier molecular flexibility index (Phi) is 6.28. The molecule has 2 N–H and O–H groups in total. The van der Waals surface area contributed by atoms with Crippen LogP contribution in [0.4, 0.5) is 17.5 Å². The molecule has 1 aromatic heterocycles. The molecule has 0 saturated heterocycles. The maximum Gasteiger partial charge on any atom is 0.229 e. The zero-order valence-corrected chi connectivity index (χ0v) is 14.3. The van der Waals surface area contributed by atoms with Gasteiger partial charge in [-0.25, -0.2) is 4.98 Å². The molecular weight excluding hydrogens is 319 g/mol. The van der Waals surface area contributed by atoms with Gasteiger partial charge in [-0.05, 0) is 25.5 Å². The third-order valence-corrected chi connectivity index (χ3v) is 3.96.